The minimum absolute atomic E-state index is 0. The van der Waals surface area contributed by atoms with Gasteiger partial charge in [-0.2, -0.15) is 0 Å². The van der Waals surface area contributed by atoms with E-state index in [9.17, 15) is 9.59 Å². The molecule has 0 atom stereocenters. The lowest BCUT2D eigenvalue weighted by Gasteiger charge is -2.35. The van der Waals surface area contributed by atoms with Gasteiger partial charge in [0.15, 0.2) is 0 Å². The molecule has 0 radical (unpaired) electrons. The molecule has 2 amide bonds. The molecule has 6 nitrogen and oxygen atoms in total. The van der Waals surface area contributed by atoms with Crippen molar-refractivity contribution in [2.75, 3.05) is 45.2 Å². The lowest BCUT2D eigenvalue weighted by Crippen LogP contribution is -2.47. The molecule has 7 heteroatoms. The van der Waals surface area contributed by atoms with Gasteiger partial charge in [0.2, 0.25) is 5.91 Å². The van der Waals surface area contributed by atoms with E-state index in [4.69, 9.17) is 4.74 Å². The fourth-order valence-electron chi connectivity index (χ4n) is 3.27. The van der Waals surface area contributed by atoms with E-state index in [-0.39, 0.29) is 24.2 Å². The van der Waals surface area contributed by atoms with E-state index in [0.29, 0.717) is 30.9 Å². The maximum atomic E-state index is 12.8. The fourth-order valence-corrected chi connectivity index (χ4v) is 3.27. The van der Waals surface area contributed by atoms with Crippen molar-refractivity contribution >= 4 is 29.9 Å². The highest BCUT2D eigenvalue weighted by Gasteiger charge is 2.39. The summed E-state index contributed by atoms with van der Waals surface area (Å²) < 4.78 is 5.31. The molecule has 1 aromatic rings. The molecule has 0 aliphatic carbocycles. The Kier molecular flexibility index (Phi) is 9.05. The molecule has 2 N–H and O–H groups in total. The molecule has 1 aliphatic heterocycles. The summed E-state index contributed by atoms with van der Waals surface area (Å²) in [4.78, 5) is 26.9. The second-order valence-electron chi connectivity index (χ2n) is 6.47. The highest BCUT2D eigenvalue weighted by atomic mass is 35.5. The molecule has 0 spiro atoms. The first kappa shape index (κ1) is 22.4. The summed E-state index contributed by atoms with van der Waals surface area (Å²) in [5.41, 5.74) is 0.848. The molecule has 1 saturated heterocycles. The van der Waals surface area contributed by atoms with Gasteiger partial charge in [0.1, 0.15) is 0 Å². The smallest absolute Gasteiger partial charge is 0.253 e. The number of ether oxygens (including phenoxy) is 1. The first-order valence-corrected chi connectivity index (χ1v) is 8.96. The third-order valence-corrected chi connectivity index (χ3v) is 4.90. The Morgan fingerprint density at radius 3 is 2.23 bits per heavy atom. The number of hydrogen-bond acceptors (Lipinski definition) is 4. The standard InChI is InChI=1S/C19H29N3O3.ClH/c1-4-22(5-2)17(23)15-6-8-16(9-7-15)21-18(24)19(14-25-3)10-12-20-13-11-19;/h6-9,20H,4-5,10-14H2,1-3H3,(H,21,24);1H. The van der Waals surface area contributed by atoms with Crippen LogP contribution in [0.25, 0.3) is 0 Å². The fraction of sp³-hybridized carbons (Fsp3) is 0.579. The van der Waals surface area contributed by atoms with Crippen molar-refractivity contribution < 1.29 is 14.3 Å². The van der Waals surface area contributed by atoms with E-state index in [1.54, 1.807) is 36.3 Å². The molecule has 1 aliphatic rings. The Morgan fingerprint density at radius 2 is 1.73 bits per heavy atom. The number of nitrogens with one attached hydrogen (secondary N) is 2. The molecule has 0 saturated carbocycles. The van der Waals surface area contributed by atoms with Gasteiger partial charge in [0.05, 0.1) is 12.0 Å². The highest BCUT2D eigenvalue weighted by molar-refractivity contribution is 5.97. The molecular formula is C19H30ClN3O3. The number of halogens is 1. The van der Waals surface area contributed by atoms with Crippen molar-refractivity contribution in [2.24, 2.45) is 5.41 Å². The summed E-state index contributed by atoms with van der Waals surface area (Å²) in [7, 11) is 1.63. The topological polar surface area (TPSA) is 70.7 Å². The second-order valence-corrected chi connectivity index (χ2v) is 6.47. The highest BCUT2D eigenvalue weighted by Crippen LogP contribution is 2.31. The third kappa shape index (κ3) is 5.19. The lowest BCUT2D eigenvalue weighted by molar-refractivity contribution is -0.130. The molecule has 0 aromatic heterocycles. The molecular weight excluding hydrogens is 354 g/mol. The van der Waals surface area contributed by atoms with Crippen molar-refractivity contribution in [1.29, 1.82) is 0 Å². The number of rotatable bonds is 7. The quantitative estimate of drug-likeness (QED) is 0.759. The zero-order valence-electron chi connectivity index (χ0n) is 15.8. The number of amides is 2. The molecule has 2 rings (SSSR count). The predicted octanol–water partition coefficient (Wildman–Crippen LogP) is 2.55. The normalized spacial score (nSPS) is 15.7. The van der Waals surface area contributed by atoms with E-state index in [1.807, 2.05) is 13.8 Å². The summed E-state index contributed by atoms with van der Waals surface area (Å²) in [6.07, 6.45) is 1.51. The van der Waals surface area contributed by atoms with Crippen LogP contribution in [0.2, 0.25) is 0 Å². The first-order valence-electron chi connectivity index (χ1n) is 8.96. The minimum Gasteiger partial charge on any atom is -0.384 e. The number of carbonyl (C=O) groups excluding carboxylic acids is 2. The first-order chi connectivity index (χ1) is 12.1. The number of anilines is 1. The van der Waals surface area contributed by atoms with Gasteiger partial charge in [-0.25, -0.2) is 0 Å². The van der Waals surface area contributed by atoms with E-state index in [2.05, 4.69) is 10.6 Å². The number of carbonyl (C=O) groups is 2. The molecule has 0 unspecified atom stereocenters. The van der Waals surface area contributed by atoms with Gasteiger partial charge in [0.25, 0.3) is 5.91 Å². The van der Waals surface area contributed by atoms with Crippen molar-refractivity contribution in [3.63, 3.8) is 0 Å². The van der Waals surface area contributed by atoms with Gasteiger partial charge in [-0.1, -0.05) is 0 Å². The van der Waals surface area contributed by atoms with Crippen molar-refractivity contribution in [3.8, 4) is 0 Å². The summed E-state index contributed by atoms with van der Waals surface area (Å²) in [6, 6.07) is 7.11. The Hall–Kier alpha value is -1.63. The zero-order chi connectivity index (χ0) is 18.3. The summed E-state index contributed by atoms with van der Waals surface area (Å²) in [6.45, 7) is 7.33. The van der Waals surface area contributed by atoms with Crippen LogP contribution in [0.5, 0.6) is 0 Å². The molecule has 0 bridgehead atoms. The molecule has 1 heterocycles. The number of hydrogen-bond donors (Lipinski definition) is 2. The largest absolute Gasteiger partial charge is 0.384 e. The zero-order valence-corrected chi connectivity index (χ0v) is 16.7. The SMILES string of the molecule is CCN(CC)C(=O)c1ccc(NC(=O)C2(COC)CCNCC2)cc1.Cl. The van der Waals surface area contributed by atoms with Crippen LogP contribution in [-0.4, -0.2) is 56.6 Å². The maximum Gasteiger partial charge on any atom is 0.253 e. The van der Waals surface area contributed by atoms with Crippen molar-refractivity contribution in [3.05, 3.63) is 29.8 Å². The third-order valence-electron chi connectivity index (χ3n) is 4.90. The number of benzene rings is 1. The average molecular weight is 384 g/mol. The summed E-state index contributed by atoms with van der Waals surface area (Å²) in [5, 5.41) is 6.27. The molecule has 146 valence electrons. The van der Waals surface area contributed by atoms with Crippen molar-refractivity contribution in [1.82, 2.24) is 10.2 Å². The van der Waals surface area contributed by atoms with Gasteiger partial charge >= 0.3 is 0 Å². The molecule has 1 aromatic carbocycles. The Labute approximate surface area is 162 Å². The predicted molar refractivity (Wildman–Crippen MR) is 106 cm³/mol. The van der Waals surface area contributed by atoms with Crippen LogP contribution in [0.1, 0.15) is 37.0 Å². The van der Waals surface area contributed by atoms with Gasteiger partial charge in [-0.05, 0) is 64.0 Å². The molecule has 26 heavy (non-hydrogen) atoms. The van der Waals surface area contributed by atoms with Crippen LogP contribution in [0, 0.1) is 5.41 Å². The second kappa shape index (κ2) is 10.5. The van der Waals surface area contributed by atoms with Gasteiger partial charge < -0.3 is 20.3 Å². The summed E-state index contributed by atoms with van der Waals surface area (Å²) in [5.74, 6) is -0.00393. The van der Waals surface area contributed by atoms with E-state index in [0.717, 1.165) is 25.9 Å². The van der Waals surface area contributed by atoms with Gasteiger partial charge in [-0.3, -0.25) is 9.59 Å². The van der Waals surface area contributed by atoms with Crippen LogP contribution < -0.4 is 10.6 Å². The Balaban J connectivity index is 0.00000338. The summed E-state index contributed by atoms with van der Waals surface area (Å²) >= 11 is 0. The Morgan fingerprint density at radius 1 is 1.15 bits per heavy atom. The number of piperidine rings is 1. The monoisotopic (exact) mass is 383 g/mol. The average Bonchev–Trinajstić information content (AvgIpc) is 2.64. The van der Waals surface area contributed by atoms with E-state index >= 15 is 0 Å². The van der Waals surface area contributed by atoms with Gasteiger partial charge in [0, 0.05) is 31.5 Å². The van der Waals surface area contributed by atoms with Crippen LogP contribution in [0.3, 0.4) is 0 Å². The Bertz CT molecular complexity index is 577. The van der Waals surface area contributed by atoms with E-state index in [1.165, 1.54) is 0 Å². The lowest BCUT2D eigenvalue weighted by atomic mass is 9.78. The van der Waals surface area contributed by atoms with Gasteiger partial charge in [-0.15, -0.1) is 12.4 Å². The van der Waals surface area contributed by atoms with Crippen LogP contribution in [0.4, 0.5) is 5.69 Å². The molecule has 1 fully saturated rings. The maximum absolute atomic E-state index is 12.8. The van der Waals surface area contributed by atoms with Crippen molar-refractivity contribution in [2.45, 2.75) is 26.7 Å². The minimum atomic E-state index is -0.490. The van der Waals surface area contributed by atoms with Crippen LogP contribution in [-0.2, 0) is 9.53 Å². The number of methoxy groups -OCH3 is 1. The van der Waals surface area contributed by atoms with E-state index < -0.39 is 5.41 Å². The number of nitrogens with zero attached hydrogens (tertiary/aromatic N) is 1. The van der Waals surface area contributed by atoms with Crippen LogP contribution in [0.15, 0.2) is 24.3 Å². The van der Waals surface area contributed by atoms with Crippen LogP contribution >= 0.6 is 12.4 Å².